The summed E-state index contributed by atoms with van der Waals surface area (Å²) >= 11 is 2.52. The van der Waals surface area contributed by atoms with Crippen LogP contribution in [0.5, 0.6) is 0 Å². The van der Waals surface area contributed by atoms with Gasteiger partial charge < -0.3 is 0 Å². The zero-order valence-corrected chi connectivity index (χ0v) is 17.0. The summed E-state index contributed by atoms with van der Waals surface area (Å²) in [6.07, 6.45) is 12.6. The molecule has 136 valence electrons. The van der Waals surface area contributed by atoms with Crippen molar-refractivity contribution in [2.45, 2.75) is 74.6 Å². The van der Waals surface area contributed by atoms with Crippen molar-refractivity contribution < 1.29 is 9.59 Å². The Bertz CT molecular complexity index is 431. The van der Waals surface area contributed by atoms with Gasteiger partial charge in [-0.05, 0) is 64.5 Å². The number of halogens is 1. The number of ketones is 2. The number of alkyl halides is 1. The summed E-state index contributed by atoms with van der Waals surface area (Å²) in [5.74, 6) is 1.92. The lowest BCUT2D eigenvalue weighted by atomic mass is 9.78. The minimum absolute atomic E-state index is 0.272. The van der Waals surface area contributed by atoms with Crippen molar-refractivity contribution in [3.8, 4) is 0 Å². The third-order valence-electron chi connectivity index (χ3n) is 6.49. The van der Waals surface area contributed by atoms with Crippen molar-refractivity contribution in [2.24, 2.45) is 17.8 Å². The summed E-state index contributed by atoms with van der Waals surface area (Å²) in [4.78, 5) is 27.5. The van der Waals surface area contributed by atoms with Crippen molar-refractivity contribution in [3.05, 3.63) is 0 Å². The lowest BCUT2D eigenvalue weighted by Crippen LogP contribution is -2.42. The number of rotatable bonds is 5. The van der Waals surface area contributed by atoms with E-state index in [1.54, 1.807) is 0 Å². The molecular formula is C20H32INO2. The van der Waals surface area contributed by atoms with Crippen molar-refractivity contribution in [3.63, 3.8) is 0 Å². The zero-order valence-electron chi connectivity index (χ0n) is 14.9. The van der Waals surface area contributed by atoms with Gasteiger partial charge in [0.25, 0.3) is 0 Å². The molecule has 0 unspecified atom stereocenters. The summed E-state index contributed by atoms with van der Waals surface area (Å²) < 4.78 is 0.771. The Hall–Kier alpha value is 0.0300. The fourth-order valence-corrected chi connectivity index (χ4v) is 5.54. The molecule has 2 saturated carbocycles. The fraction of sp³-hybridized carbons (Fsp3) is 0.900. The van der Waals surface area contributed by atoms with E-state index in [1.807, 2.05) is 0 Å². The first-order chi connectivity index (χ1) is 11.6. The van der Waals surface area contributed by atoms with Gasteiger partial charge in [-0.25, -0.2) is 0 Å². The van der Waals surface area contributed by atoms with Crippen LogP contribution in [0.2, 0.25) is 0 Å². The molecular weight excluding hydrogens is 413 g/mol. The second-order valence-electron chi connectivity index (χ2n) is 8.20. The number of hydrogen-bond donors (Lipinski definition) is 0. The molecule has 0 aromatic carbocycles. The molecule has 24 heavy (non-hydrogen) atoms. The molecule has 0 aromatic heterocycles. The summed E-state index contributed by atoms with van der Waals surface area (Å²) in [6, 6.07) is 0. The largest absolute Gasteiger partial charge is 0.299 e. The minimum Gasteiger partial charge on any atom is -0.299 e. The van der Waals surface area contributed by atoms with Crippen LogP contribution in [0, 0.1) is 17.8 Å². The van der Waals surface area contributed by atoms with E-state index in [0.717, 1.165) is 55.5 Å². The Kier molecular flexibility index (Phi) is 7.14. The van der Waals surface area contributed by atoms with Crippen LogP contribution < -0.4 is 0 Å². The third kappa shape index (κ3) is 5.03. The molecule has 0 bridgehead atoms. The Morgan fingerprint density at radius 3 is 1.96 bits per heavy atom. The molecule has 1 heterocycles. The molecule has 3 fully saturated rings. The maximum Gasteiger partial charge on any atom is 0.149 e. The number of nitrogens with zero attached hydrogens (tertiary/aromatic N) is 1. The van der Waals surface area contributed by atoms with Crippen LogP contribution in [0.3, 0.4) is 0 Å². The van der Waals surface area contributed by atoms with E-state index in [4.69, 9.17) is 0 Å². The van der Waals surface area contributed by atoms with Crippen LogP contribution in [-0.4, -0.2) is 40.0 Å². The number of carbonyl (C=O) groups is 2. The van der Waals surface area contributed by atoms with Crippen LogP contribution in [0.1, 0.15) is 70.6 Å². The Morgan fingerprint density at radius 2 is 1.33 bits per heavy atom. The highest BCUT2D eigenvalue weighted by Gasteiger charge is 2.32. The smallest absolute Gasteiger partial charge is 0.149 e. The molecule has 3 rings (SSSR count). The molecule has 4 heteroatoms. The van der Waals surface area contributed by atoms with Crippen LogP contribution in [0.25, 0.3) is 0 Å². The molecule has 1 saturated heterocycles. The first-order valence-corrected chi connectivity index (χ1v) is 11.3. The second kappa shape index (κ2) is 9.11. The van der Waals surface area contributed by atoms with Crippen molar-refractivity contribution >= 4 is 34.2 Å². The molecule has 3 nitrogen and oxygen atoms in total. The van der Waals surface area contributed by atoms with E-state index in [9.17, 15) is 9.59 Å². The molecule has 0 amide bonds. The summed E-state index contributed by atoms with van der Waals surface area (Å²) in [7, 11) is 0. The average molecular weight is 445 g/mol. The lowest BCUT2D eigenvalue weighted by Gasteiger charge is -2.34. The topological polar surface area (TPSA) is 37.4 Å². The first-order valence-electron chi connectivity index (χ1n) is 10.1. The van der Waals surface area contributed by atoms with Gasteiger partial charge in [0.1, 0.15) is 11.6 Å². The van der Waals surface area contributed by atoms with Gasteiger partial charge >= 0.3 is 0 Å². The molecule has 0 spiro atoms. The number of likely N-dealkylation sites (tertiary alicyclic amines) is 1. The summed E-state index contributed by atoms with van der Waals surface area (Å²) in [5.41, 5.74) is 0. The molecule has 2 aliphatic carbocycles. The summed E-state index contributed by atoms with van der Waals surface area (Å²) in [5, 5.41) is 0. The molecule has 1 aliphatic heterocycles. The summed E-state index contributed by atoms with van der Waals surface area (Å²) in [6.45, 7) is 2.51. The Labute approximate surface area is 160 Å². The SMILES string of the molecule is O=C(CN1CCC(C(=O)C2CCCCC2)CC1)C1CCC(I)CC1. The van der Waals surface area contributed by atoms with Crippen LogP contribution in [0.15, 0.2) is 0 Å². The normalized spacial score (nSPS) is 31.0. The monoisotopic (exact) mass is 445 g/mol. The minimum atomic E-state index is 0.272. The molecule has 0 N–H and O–H groups in total. The third-order valence-corrected chi connectivity index (χ3v) is 7.73. The van der Waals surface area contributed by atoms with Crippen molar-refractivity contribution in [1.29, 1.82) is 0 Å². The highest BCUT2D eigenvalue weighted by molar-refractivity contribution is 14.1. The lowest BCUT2D eigenvalue weighted by molar-refractivity contribution is -0.129. The second-order valence-corrected chi connectivity index (χ2v) is 9.96. The Balaban J connectivity index is 1.40. The van der Waals surface area contributed by atoms with Gasteiger partial charge in [0.15, 0.2) is 0 Å². The van der Waals surface area contributed by atoms with E-state index < -0.39 is 0 Å². The van der Waals surface area contributed by atoms with E-state index >= 15 is 0 Å². The molecule has 3 aliphatic rings. The predicted octanol–water partition coefficient (Wildman–Crippen LogP) is 4.41. The number of piperidine rings is 1. The zero-order chi connectivity index (χ0) is 16.9. The molecule has 0 aromatic rings. The van der Waals surface area contributed by atoms with Crippen LogP contribution in [-0.2, 0) is 9.59 Å². The van der Waals surface area contributed by atoms with Gasteiger partial charge in [-0.2, -0.15) is 0 Å². The quantitative estimate of drug-likeness (QED) is 0.465. The highest BCUT2D eigenvalue weighted by Crippen LogP contribution is 2.32. The first kappa shape index (κ1) is 18.8. The highest BCUT2D eigenvalue weighted by atomic mass is 127. The van der Waals surface area contributed by atoms with Gasteiger partial charge in [0.2, 0.25) is 0 Å². The molecule has 0 radical (unpaired) electrons. The average Bonchev–Trinajstić information content (AvgIpc) is 2.63. The van der Waals surface area contributed by atoms with Gasteiger partial charge in [-0.3, -0.25) is 14.5 Å². The standard InChI is InChI=1S/C20H32INO2/c21-18-8-6-15(7-9-18)19(23)14-22-12-10-17(11-13-22)20(24)16-4-2-1-3-5-16/h15-18H,1-14H2. The van der Waals surface area contributed by atoms with Gasteiger partial charge in [-0.15, -0.1) is 0 Å². The van der Waals surface area contributed by atoms with E-state index in [0.29, 0.717) is 29.9 Å². The van der Waals surface area contributed by atoms with E-state index in [2.05, 4.69) is 27.5 Å². The van der Waals surface area contributed by atoms with Crippen LogP contribution >= 0.6 is 22.6 Å². The van der Waals surface area contributed by atoms with E-state index in [1.165, 1.54) is 32.1 Å². The van der Waals surface area contributed by atoms with Crippen molar-refractivity contribution in [2.75, 3.05) is 19.6 Å². The van der Waals surface area contributed by atoms with Crippen LogP contribution in [0.4, 0.5) is 0 Å². The fourth-order valence-electron chi connectivity index (χ4n) is 4.82. The van der Waals surface area contributed by atoms with Crippen molar-refractivity contribution in [1.82, 2.24) is 4.90 Å². The molecule has 0 atom stereocenters. The van der Waals surface area contributed by atoms with Gasteiger partial charge in [0, 0.05) is 21.7 Å². The number of Topliss-reactive ketones (excluding diaryl/α,β-unsaturated/α-hetero) is 2. The van der Waals surface area contributed by atoms with Gasteiger partial charge in [0.05, 0.1) is 6.54 Å². The predicted molar refractivity (Wildman–Crippen MR) is 106 cm³/mol. The number of carbonyl (C=O) groups excluding carboxylic acids is 2. The van der Waals surface area contributed by atoms with E-state index in [-0.39, 0.29) is 5.92 Å². The Morgan fingerprint density at radius 1 is 0.750 bits per heavy atom. The van der Waals surface area contributed by atoms with Gasteiger partial charge in [-0.1, -0.05) is 41.9 Å². The maximum atomic E-state index is 12.7. The number of hydrogen-bond acceptors (Lipinski definition) is 3. The maximum absolute atomic E-state index is 12.7.